The van der Waals surface area contributed by atoms with Crippen LogP contribution in [-0.4, -0.2) is 56.3 Å². The fraction of sp³-hybridized carbons (Fsp3) is 0.387. The van der Waals surface area contributed by atoms with Crippen LogP contribution in [0.15, 0.2) is 60.8 Å². The summed E-state index contributed by atoms with van der Waals surface area (Å²) in [5, 5.41) is 10.1. The van der Waals surface area contributed by atoms with E-state index in [4.69, 9.17) is 26.1 Å². The summed E-state index contributed by atoms with van der Waals surface area (Å²) >= 11 is 6.00. The van der Waals surface area contributed by atoms with Gasteiger partial charge in [0, 0.05) is 12.8 Å². The van der Waals surface area contributed by atoms with E-state index >= 15 is 0 Å². The Kier molecular flexibility index (Phi) is 7.74. The lowest BCUT2D eigenvalue weighted by Crippen LogP contribution is -2.35. The maximum Gasteiger partial charge on any atom is 0.335 e. The van der Waals surface area contributed by atoms with Gasteiger partial charge < -0.3 is 19.1 Å². The number of carbonyl (C=O) groups is 1. The van der Waals surface area contributed by atoms with Crippen molar-refractivity contribution in [3.8, 4) is 5.75 Å². The minimum absolute atomic E-state index is 0.150. The summed E-state index contributed by atoms with van der Waals surface area (Å²) in [6.45, 7) is 6.08. The van der Waals surface area contributed by atoms with Crippen LogP contribution in [0.4, 0.5) is 0 Å². The highest BCUT2D eigenvalue weighted by Crippen LogP contribution is 2.36. The van der Waals surface area contributed by atoms with Crippen LogP contribution in [0.5, 0.6) is 5.75 Å². The molecule has 1 N–H and O–H groups in total. The maximum absolute atomic E-state index is 11.6. The largest absolute Gasteiger partial charge is 0.484 e. The molecule has 4 aromatic rings. The van der Waals surface area contributed by atoms with Crippen molar-refractivity contribution < 1.29 is 19.4 Å². The SMILES string of the molecule is CC(Oc1ccccc1C1CCN(Cc2nc3ccc(C(=O)O)cc3n2C[C@@H]2CCO2)CC1)c1ccc(Cl)cn1. The Labute approximate surface area is 238 Å². The molecule has 2 saturated heterocycles. The predicted octanol–water partition coefficient (Wildman–Crippen LogP) is 6.09. The number of halogens is 1. The fourth-order valence-corrected chi connectivity index (χ4v) is 5.78. The molecule has 2 fully saturated rings. The smallest absolute Gasteiger partial charge is 0.335 e. The summed E-state index contributed by atoms with van der Waals surface area (Å²) in [5.41, 5.74) is 4.04. The number of hydrogen-bond donors (Lipinski definition) is 1. The number of likely N-dealkylation sites (tertiary alicyclic amines) is 1. The summed E-state index contributed by atoms with van der Waals surface area (Å²) in [4.78, 5) is 23.4. The second-order valence-electron chi connectivity index (χ2n) is 10.7. The number of ether oxygens (including phenoxy) is 2. The molecule has 2 aliphatic heterocycles. The van der Waals surface area contributed by atoms with Crippen molar-refractivity contribution >= 4 is 28.6 Å². The maximum atomic E-state index is 11.6. The quantitative estimate of drug-likeness (QED) is 0.265. The van der Waals surface area contributed by atoms with Crippen LogP contribution in [0.3, 0.4) is 0 Å². The summed E-state index contributed by atoms with van der Waals surface area (Å²) in [6, 6.07) is 17.2. The zero-order valence-electron chi connectivity index (χ0n) is 22.5. The molecule has 2 aromatic heterocycles. The number of para-hydroxylation sites is 1. The number of nitrogens with zero attached hydrogens (tertiary/aromatic N) is 4. The van der Waals surface area contributed by atoms with Crippen molar-refractivity contribution in [3.05, 3.63) is 88.5 Å². The number of fused-ring (bicyclic) bond motifs is 1. The number of aromatic nitrogens is 3. The van der Waals surface area contributed by atoms with Crippen LogP contribution in [0.1, 0.15) is 65.6 Å². The topological polar surface area (TPSA) is 89.7 Å². The van der Waals surface area contributed by atoms with Crippen LogP contribution < -0.4 is 4.74 Å². The van der Waals surface area contributed by atoms with Crippen LogP contribution in [0.25, 0.3) is 11.0 Å². The van der Waals surface area contributed by atoms with Gasteiger partial charge in [-0.3, -0.25) is 9.88 Å². The second-order valence-corrected chi connectivity index (χ2v) is 11.1. The number of carboxylic acid groups (broad SMARTS) is 1. The number of imidazole rings is 1. The molecule has 2 aromatic carbocycles. The van der Waals surface area contributed by atoms with E-state index < -0.39 is 5.97 Å². The van der Waals surface area contributed by atoms with Crippen molar-refractivity contribution in [1.82, 2.24) is 19.4 Å². The molecule has 0 spiro atoms. The minimum atomic E-state index is -0.929. The Bertz CT molecular complexity index is 1490. The molecule has 0 saturated carbocycles. The van der Waals surface area contributed by atoms with E-state index in [-0.39, 0.29) is 17.8 Å². The summed E-state index contributed by atoms with van der Waals surface area (Å²) in [5.74, 6) is 1.33. The Morgan fingerprint density at radius 2 is 1.95 bits per heavy atom. The molecule has 2 atom stereocenters. The van der Waals surface area contributed by atoms with Gasteiger partial charge in [-0.25, -0.2) is 9.78 Å². The van der Waals surface area contributed by atoms with Crippen LogP contribution in [0.2, 0.25) is 5.02 Å². The molecule has 40 heavy (non-hydrogen) atoms. The number of benzene rings is 2. The van der Waals surface area contributed by atoms with Gasteiger partial charge in [0.15, 0.2) is 0 Å². The molecular formula is C31H33ClN4O4. The van der Waals surface area contributed by atoms with Crippen molar-refractivity contribution in [2.75, 3.05) is 19.7 Å². The lowest BCUT2D eigenvalue weighted by atomic mass is 9.88. The normalized spacial score (nSPS) is 18.9. The Morgan fingerprint density at radius 3 is 2.65 bits per heavy atom. The van der Waals surface area contributed by atoms with Gasteiger partial charge in [-0.05, 0) is 87.2 Å². The van der Waals surface area contributed by atoms with Crippen molar-refractivity contribution in [2.45, 2.75) is 57.4 Å². The standard InChI is InChI=1S/C31H33ClN4O4/c1-20(26-9-7-23(32)17-33-26)40-29-5-3-2-4-25(29)21-10-13-35(14-11-21)19-30-34-27-8-6-22(31(37)38)16-28(27)36(30)18-24-12-15-39-24/h2-9,16-17,20-21,24H,10-15,18-19H2,1H3,(H,37,38)/t20?,24-/m0/s1. The first kappa shape index (κ1) is 26.7. The molecule has 6 rings (SSSR count). The Morgan fingerprint density at radius 1 is 1.15 bits per heavy atom. The molecule has 0 bridgehead atoms. The van der Waals surface area contributed by atoms with Crippen LogP contribution in [-0.2, 0) is 17.8 Å². The molecule has 208 valence electrons. The first-order valence-electron chi connectivity index (χ1n) is 13.9. The van der Waals surface area contributed by atoms with Gasteiger partial charge in [-0.15, -0.1) is 0 Å². The van der Waals surface area contributed by atoms with Gasteiger partial charge in [0.1, 0.15) is 17.7 Å². The third kappa shape index (κ3) is 5.70. The molecule has 4 heterocycles. The summed E-state index contributed by atoms with van der Waals surface area (Å²) in [6.07, 6.45) is 4.66. The molecular weight excluding hydrogens is 528 g/mol. The zero-order valence-corrected chi connectivity index (χ0v) is 23.3. The summed E-state index contributed by atoms with van der Waals surface area (Å²) < 4.78 is 14.3. The third-order valence-electron chi connectivity index (χ3n) is 8.04. The second kappa shape index (κ2) is 11.6. The molecule has 8 nitrogen and oxygen atoms in total. The van der Waals surface area contributed by atoms with E-state index in [1.54, 1.807) is 18.3 Å². The highest BCUT2D eigenvalue weighted by atomic mass is 35.5. The van der Waals surface area contributed by atoms with Crippen molar-refractivity contribution in [1.29, 1.82) is 0 Å². The van der Waals surface area contributed by atoms with Gasteiger partial charge in [0.05, 0.1) is 46.5 Å². The Hall–Kier alpha value is -3.46. The third-order valence-corrected chi connectivity index (χ3v) is 8.26. The van der Waals surface area contributed by atoms with E-state index in [9.17, 15) is 9.90 Å². The fourth-order valence-electron chi connectivity index (χ4n) is 5.67. The minimum Gasteiger partial charge on any atom is -0.484 e. The van der Waals surface area contributed by atoms with E-state index in [1.165, 1.54) is 5.56 Å². The average Bonchev–Trinajstić information content (AvgIpc) is 3.27. The molecule has 0 aliphatic carbocycles. The lowest BCUT2D eigenvalue weighted by molar-refractivity contribution is -0.0592. The highest BCUT2D eigenvalue weighted by molar-refractivity contribution is 6.30. The molecule has 9 heteroatoms. The number of piperidine rings is 1. The molecule has 1 unspecified atom stereocenters. The molecule has 0 radical (unpaired) electrons. The lowest BCUT2D eigenvalue weighted by Gasteiger charge is -2.33. The van der Waals surface area contributed by atoms with Gasteiger partial charge >= 0.3 is 5.97 Å². The zero-order chi connectivity index (χ0) is 27.6. The van der Waals surface area contributed by atoms with E-state index in [1.807, 2.05) is 37.3 Å². The number of rotatable bonds is 9. The van der Waals surface area contributed by atoms with Gasteiger partial charge in [-0.2, -0.15) is 0 Å². The molecule has 0 amide bonds. The van der Waals surface area contributed by atoms with Gasteiger partial charge in [0.2, 0.25) is 0 Å². The highest BCUT2D eigenvalue weighted by Gasteiger charge is 2.27. The monoisotopic (exact) mass is 560 g/mol. The van der Waals surface area contributed by atoms with E-state index in [0.717, 1.165) is 67.3 Å². The number of pyridine rings is 1. The van der Waals surface area contributed by atoms with E-state index in [2.05, 4.69) is 26.6 Å². The van der Waals surface area contributed by atoms with Crippen LogP contribution >= 0.6 is 11.6 Å². The average molecular weight is 561 g/mol. The first-order chi connectivity index (χ1) is 19.4. The molecule has 2 aliphatic rings. The number of hydrogen-bond acceptors (Lipinski definition) is 6. The van der Waals surface area contributed by atoms with Gasteiger partial charge in [-0.1, -0.05) is 29.8 Å². The van der Waals surface area contributed by atoms with Crippen LogP contribution in [0, 0.1) is 0 Å². The number of aromatic carboxylic acids is 1. The van der Waals surface area contributed by atoms with Crippen molar-refractivity contribution in [3.63, 3.8) is 0 Å². The van der Waals surface area contributed by atoms with Gasteiger partial charge in [0.25, 0.3) is 0 Å². The first-order valence-corrected chi connectivity index (χ1v) is 14.3. The Balaban J connectivity index is 1.15. The van der Waals surface area contributed by atoms with E-state index in [0.29, 0.717) is 24.0 Å². The predicted molar refractivity (Wildman–Crippen MR) is 153 cm³/mol. The van der Waals surface area contributed by atoms with Crippen molar-refractivity contribution in [2.24, 2.45) is 0 Å². The summed E-state index contributed by atoms with van der Waals surface area (Å²) in [7, 11) is 0. The number of carboxylic acids is 1.